The van der Waals surface area contributed by atoms with Gasteiger partial charge < -0.3 is 16.0 Å². The maximum absolute atomic E-state index is 13.7. The number of carbonyl (C=O) groups excluding carboxylic acids is 2. The fourth-order valence-electron chi connectivity index (χ4n) is 5.88. The lowest BCUT2D eigenvalue weighted by Crippen LogP contribution is -2.54. The molecule has 0 radical (unpaired) electrons. The molecule has 1 aliphatic carbocycles. The van der Waals surface area contributed by atoms with Crippen LogP contribution in [-0.2, 0) is 22.4 Å². The molecule has 2 aromatic rings. The van der Waals surface area contributed by atoms with E-state index in [0.717, 1.165) is 23.1 Å². The van der Waals surface area contributed by atoms with Gasteiger partial charge in [-0.2, -0.15) is 13.2 Å². The van der Waals surface area contributed by atoms with Crippen LogP contribution in [0.15, 0.2) is 48.5 Å². The van der Waals surface area contributed by atoms with Gasteiger partial charge in [-0.25, -0.2) is 0 Å². The van der Waals surface area contributed by atoms with Gasteiger partial charge in [0.05, 0.1) is 5.92 Å². The van der Waals surface area contributed by atoms with Gasteiger partial charge in [-0.1, -0.05) is 54.9 Å². The zero-order chi connectivity index (χ0) is 28.2. The molecule has 0 spiro atoms. The lowest BCUT2D eigenvalue weighted by Gasteiger charge is -2.41. The number of hydrogen-bond donors (Lipinski definition) is 2. The van der Waals surface area contributed by atoms with Crippen molar-refractivity contribution in [2.75, 3.05) is 13.1 Å². The summed E-state index contributed by atoms with van der Waals surface area (Å²) >= 11 is 6.04. The molecule has 3 atom stereocenters. The highest BCUT2D eigenvalue weighted by Gasteiger charge is 2.38. The molecule has 9 heteroatoms. The first-order valence-electron chi connectivity index (χ1n) is 13.7. The van der Waals surface area contributed by atoms with Crippen molar-refractivity contribution in [1.29, 1.82) is 0 Å². The molecule has 1 saturated heterocycles. The maximum atomic E-state index is 13.7. The van der Waals surface area contributed by atoms with Crippen LogP contribution >= 0.6 is 11.6 Å². The van der Waals surface area contributed by atoms with Crippen LogP contribution in [0, 0.1) is 11.3 Å². The smallest absolute Gasteiger partial charge is 0.344 e. The molecule has 1 heterocycles. The monoisotopic (exact) mass is 563 g/mol. The first-order chi connectivity index (χ1) is 18.4. The van der Waals surface area contributed by atoms with Crippen LogP contribution in [0.3, 0.4) is 0 Å². The van der Waals surface area contributed by atoms with Crippen molar-refractivity contribution in [2.24, 2.45) is 17.1 Å². The van der Waals surface area contributed by atoms with Crippen LogP contribution in [0.1, 0.15) is 68.2 Å². The van der Waals surface area contributed by atoms with Crippen LogP contribution in [0.4, 0.5) is 13.2 Å². The number of nitrogens with zero attached hydrogens (tertiary/aromatic N) is 1. The van der Waals surface area contributed by atoms with Gasteiger partial charge in [-0.15, -0.1) is 0 Å². The SMILES string of the molecule is CC1(CCCC(F)(F)F)CCN(C(=O)[C@@H](Cc2ccc(Cl)cc2)NC(=O)C2CCc3ccccc3C2N)CC1. The number of alkyl halides is 3. The van der Waals surface area contributed by atoms with E-state index in [9.17, 15) is 22.8 Å². The largest absolute Gasteiger partial charge is 0.389 e. The Hall–Kier alpha value is -2.58. The van der Waals surface area contributed by atoms with Crippen LogP contribution in [0.25, 0.3) is 0 Å². The summed E-state index contributed by atoms with van der Waals surface area (Å²) in [6.45, 7) is 2.90. The van der Waals surface area contributed by atoms with Gasteiger partial charge in [-0.3, -0.25) is 9.59 Å². The first-order valence-corrected chi connectivity index (χ1v) is 14.1. The highest BCUT2D eigenvalue weighted by atomic mass is 35.5. The molecule has 5 nitrogen and oxygen atoms in total. The van der Waals surface area contributed by atoms with E-state index in [-0.39, 0.29) is 23.7 Å². The molecule has 0 aromatic heterocycles. The predicted octanol–water partition coefficient (Wildman–Crippen LogP) is 5.99. The van der Waals surface area contributed by atoms with E-state index >= 15 is 0 Å². The number of nitrogens with one attached hydrogen (secondary N) is 1. The molecule has 0 saturated carbocycles. The summed E-state index contributed by atoms with van der Waals surface area (Å²) in [6.07, 6.45) is -1.46. The van der Waals surface area contributed by atoms with Crippen molar-refractivity contribution in [3.05, 3.63) is 70.2 Å². The standard InChI is InChI=1S/C30H37ClF3N3O2/c1-29(13-4-14-30(32,33)34)15-17-37(18-16-29)28(39)25(19-20-7-10-22(31)11-8-20)36-27(38)24-12-9-21-5-2-3-6-23(21)26(24)35/h2-3,5-8,10-11,24-26H,4,9,12-19,35H2,1H3,(H,36,38)/t24?,25-,26?/m1/s1. The zero-order valence-corrected chi connectivity index (χ0v) is 23.0. The third-order valence-electron chi connectivity index (χ3n) is 8.40. The Morgan fingerprint density at radius 1 is 1.13 bits per heavy atom. The highest BCUT2D eigenvalue weighted by molar-refractivity contribution is 6.30. The third kappa shape index (κ3) is 7.76. The number of hydrogen-bond acceptors (Lipinski definition) is 3. The molecular weight excluding hydrogens is 527 g/mol. The minimum absolute atomic E-state index is 0.0912. The average molecular weight is 564 g/mol. The lowest BCUT2D eigenvalue weighted by atomic mass is 9.76. The first kappa shape index (κ1) is 29.4. The summed E-state index contributed by atoms with van der Waals surface area (Å²) in [4.78, 5) is 29.0. The molecule has 2 aromatic carbocycles. The molecular formula is C30H37ClF3N3O2. The number of carbonyl (C=O) groups is 2. The summed E-state index contributed by atoms with van der Waals surface area (Å²) in [7, 11) is 0. The fourth-order valence-corrected chi connectivity index (χ4v) is 6.00. The molecule has 3 N–H and O–H groups in total. The summed E-state index contributed by atoms with van der Waals surface area (Å²) < 4.78 is 37.9. The quantitative estimate of drug-likeness (QED) is 0.414. The van der Waals surface area contributed by atoms with Crippen molar-refractivity contribution in [1.82, 2.24) is 10.2 Å². The predicted molar refractivity (Wildman–Crippen MR) is 146 cm³/mol. The second-order valence-corrected chi connectivity index (χ2v) is 11.8. The van der Waals surface area contributed by atoms with Gasteiger partial charge >= 0.3 is 6.18 Å². The van der Waals surface area contributed by atoms with E-state index < -0.39 is 30.6 Å². The third-order valence-corrected chi connectivity index (χ3v) is 8.65. The topological polar surface area (TPSA) is 75.4 Å². The summed E-state index contributed by atoms with van der Waals surface area (Å²) in [5.74, 6) is -0.863. The van der Waals surface area contributed by atoms with Gasteiger partial charge in [0.1, 0.15) is 6.04 Å². The summed E-state index contributed by atoms with van der Waals surface area (Å²) in [5.41, 5.74) is 9.25. The Bertz CT molecular complexity index is 1150. The van der Waals surface area contributed by atoms with Gasteiger partial charge in [0.15, 0.2) is 0 Å². The number of benzene rings is 2. The molecule has 39 heavy (non-hydrogen) atoms. The fraction of sp³-hybridized carbons (Fsp3) is 0.533. The van der Waals surface area contributed by atoms with E-state index in [1.54, 1.807) is 17.0 Å². The second kappa shape index (κ2) is 12.3. The number of rotatable bonds is 8. The Labute approximate surface area is 233 Å². The molecule has 2 aliphatic rings. The normalized spacial score (nSPS) is 21.6. The molecule has 2 amide bonds. The Balaban J connectivity index is 1.43. The average Bonchev–Trinajstić information content (AvgIpc) is 2.89. The summed E-state index contributed by atoms with van der Waals surface area (Å²) in [5, 5.41) is 3.59. The molecule has 1 fully saturated rings. The minimum atomic E-state index is -4.15. The number of nitrogens with two attached hydrogens (primary N) is 1. The van der Waals surface area contributed by atoms with Crippen LogP contribution in [-0.4, -0.2) is 42.0 Å². The van der Waals surface area contributed by atoms with Gasteiger partial charge in [0.25, 0.3) is 0 Å². The highest BCUT2D eigenvalue weighted by Crippen LogP contribution is 2.38. The Kier molecular flexibility index (Phi) is 9.27. The van der Waals surface area contributed by atoms with Crippen LogP contribution in [0.5, 0.6) is 0 Å². The van der Waals surface area contributed by atoms with Crippen molar-refractivity contribution in [3.8, 4) is 0 Å². The maximum Gasteiger partial charge on any atom is 0.389 e. The van der Waals surface area contributed by atoms with E-state index in [1.165, 1.54) is 0 Å². The number of fused-ring (bicyclic) bond motifs is 1. The van der Waals surface area contributed by atoms with Crippen LogP contribution < -0.4 is 11.1 Å². The molecule has 0 bridgehead atoms. The zero-order valence-electron chi connectivity index (χ0n) is 22.3. The number of piperidine rings is 1. The number of likely N-dealkylation sites (tertiary alicyclic amines) is 1. The number of amides is 2. The Morgan fingerprint density at radius 3 is 2.46 bits per heavy atom. The second-order valence-electron chi connectivity index (χ2n) is 11.4. The van der Waals surface area contributed by atoms with Crippen molar-refractivity contribution < 1.29 is 22.8 Å². The van der Waals surface area contributed by atoms with Crippen molar-refractivity contribution >= 4 is 23.4 Å². The van der Waals surface area contributed by atoms with E-state index in [4.69, 9.17) is 17.3 Å². The van der Waals surface area contributed by atoms with E-state index in [1.807, 2.05) is 43.3 Å². The molecule has 1 aliphatic heterocycles. The molecule has 2 unspecified atom stereocenters. The van der Waals surface area contributed by atoms with E-state index in [2.05, 4.69) is 5.32 Å². The number of aryl methyl sites for hydroxylation is 1. The lowest BCUT2D eigenvalue weighted by molar-refractivity contribution is -0.140. The minimum Gasteiger partial charge on any atom is -0.344 e. The molecule has 4 rings (SSSR count). The summed E-state index contributed by atoms with van der Waals surface area (Å²) in [6, 6.07) is 13.8. The Morgan fingerprint density at radius 2 is 1.79 bits per heavy atom. The van der Waals surface area contributed by atoms with Crippen molar-refractivity contribution in [2.45, 2.75) is 76.6 Å². The van der Waals surface area contributed by atoms with Gasteiger partial charge in [0.2, 0.25) is 11.8 Å². The molecule has 212 valence electrons. The van der Waals surface area contributed by atoms with E-state index in [0.29, 0.717) is 50.2 Å². The number of halogens is 4. The van der Waals surface area contributed by atoms with Gasteiger partial charge in [-0.05, 0) is 72.8 Å². The van der Waals surface area contributed by atoms with Crippen LogP contribution in [0.2, 0.25) is 5.02 Å². The van der Waals surface area contributed by atoms with Gasteiger partial charge in [0, 0.05) is 37.0 Å². The van der Waals surface area contributed by atoms with Crippen molar-refractivity contribution in [3.63, 3.8) is 0 Å².